The Morgan fingerprint density at radius 1 is 1.00 bits per heavy atom. The van der Waals surface area contributed by atoms with Gasteiger partial charge in [0.2, 0.25) is 0 Å². The Balaban J connectivity index is 0. The molecule has 0 rings (SSSR count). The summed E-state index contributed by atoms with van der Waals surface area (Å²) in [6, 6.07) is 0. The molecule has 0 heterocycles. The molecule has 0 atom stereocenters. The average molecular weight is 288 g/mol. The molecule has 0 fully saturated rings. The molecule has 0 aromatic rings. The molecule has 94 valence electrons. The summed E-state index contributed by atoms with van der Waals surface area (Å²) in [5.41, 5.74) is 0. The van der Waals surface area contributed by atoms with Crippen LogP contribution in [0, 0.1) is 0 Å². The Labute approximate surface area is 84.5 Å². The topological polar surface area (TPSA) is 193 Å². The van der Waals surface area contributed by atoms with E-state index in [1.54, 1.807) is 0 Å². The van der Waals surface area contributed by atoms with Crippen LogP contribution < -0.4 is 0 Å². The zero-order valence-electron chi connectivity index (χ0n) is 7.03. The van der Waals surface area contributed by atoms with E-state index in [0.29, 0.717) is 0 Å². The molecule has 0 saturated heterocycles. The Morgan fingerprint density at radius 3 is 1.20 bits per heavy atom. The van der Waals surface area contributed by atoms with Crippen LogP contribution in [-0.2, 0) is 13.7 Å². The van der Waals surface area contributed by atoms with Gasteiger partial charge in [0.1, 0.15) is 0 Å². The van der Waals surface area contributed by atoms with E-state index >= 15 is 0 Å². The molecule has 0 aromatic carbocycles. The Kier molecular flexibility index (Phi) is 8.16. The van der Waals surface area contributed by atoms with Gasteiger partial charge in [-0.2, -0.15) is 0 Å². The molecule has 7 N–H and O–H groups in total. The number of aliphatic hydroxyl groups is 1. The van der Waals surface area contributed by atoms with Crippen molar-refractivity contribution in [1.82, 2.24) is 0 Å². The van der Waals surface area contributed by atoms with Crippen molar-refractivity contribution in [2.75, 3.05) is 6.61 Å². The van der Waals surface area contributed by atoms with E-state index in [2.05, 4.69) is 0 Å². The van der Waals surface area contributed by atoms with Crippen LogP contribution in [0.25, 0.3) is 0 Å². The van der Waals surface area contributed by atoms with Crippen LogP contribution in [0.2, 0.25) is 0 Å². The molecule has 0 unspecified atom stereocenters. The second-order valence-corrected chi connectivity index (χ2v) is 6.70. The molecule has 0 aromatic heterocycles. The third-order valence-corrected chi connectivity index (χ3v) is 4.62. The fraction of sp³-hybridized carbons (Fsp3) is 1.00. The van der Waals surface area contributed by atoms with E-state index in [1.807, 2.05) is 0 Å². The van der Waals surface area contributed by atoms with Crippen molar-refractivity contribution in [2.24, 2.45) is 0 Å². The Morgan fingerprint density at radius 2 is 1.20 bits per heavy atom. The van der Waals surface area contributed by atoms with Gasteiger partial charge in [0.25, 0.3) is 0 Å². The smallest absolute Gasteiger partial charge is 0.343 e. The minimum Gasteiger partial charge on any atom is -0.395 e. The van der Waals surface area contributed by atoms with Gasteiger partial charge >= 0.3 is 23.4 Å². The maximum absolute atomic E-state index is 10.3. The summed E-state index contributed by atoms with van der Waals surface area (Å²) in [6.45, 7) is -1.24. The summed E-state index contributed by atoms with van der Waals surface area (Å²) in [6.07, 6.45) is 0. The first-order valence-corrected chi connectivity index (χ1v) is 7.72. The van der Waals surface area contributed by atoms with Crippen molar-refractivity contribution in [3.63, 3.8) is 0 Å². The zero-order valence-corrected chi connectivity index (χ0v) is 9.82. The lowest BCUT2D eigenvalue weighted by molar-refractivity contribution is 0.266. The van der Waals surface area contributed by atoms with E-state index < -0.39 is 35.5 Å². The summed E-state index contributed by atoms with van der Waals surface area (Å²) in [5, 5.41) is 5.92. The highest BCUT2D eigenvalue weighted by molar-refractivity contribution is 7.70. The summed E-state index contributed by atoms with van der Waals surface area (Å²) in [4.78, 5) is 47.4. The highest BCUT2D eigenvalue weighted by Crippen LogP contribution is 2.59. The molecule has 15 heavy (non-hydrogen) atoms. The molecule has 0 bridgehead atoms. The van der Waals surface area contributed by atoms with E-state index in [9.17, 15) is 9.13 Å². The van der Waals surface area contributed by atoms with Gasteiger partial charge < -0.3 is 34.5 Å². The minimum absolute atomic E-state index is 1.24. The third-order valence-electron chi connectivity index (χ3n) is 0.940. The van der Waals surface area contributed by atoms with E-state index in [0.717, 1.165) is 0 Å². The lowest BCUT2D eigenvalue weighted by Gasteiger charge is -2.16. The molecule has 0 amide bonds. The van der Waals surface area contributed by atoms with E-state index in [4.69, 9.17) is 39.0 Å². The van der Waals surface area contributed by atoms with E-state index in [-0.39, 0.29) is 0 Å². The fourth-order valence-electron chi connectivity index (χ4n) is 0.409. The molecule has 0 saturated carbocycles. The number of hydrogen-bond donors (Lipinski definition) is 7. The minimum atomic E-state index is -4.91. The second-order valence-electron chi connectivity index (χ2n) is 2.12. The molecule has 0 radical (unpaired) electrons. The normalized spacial score (nSPS) is 12.6. The molecule has 0 aliphatic carbocycles. The van der Waals surface area contributed by atoms with Crippen LogP contribution in [0.3, 0.4) is 0 Å². The number of hydrogen-bond acceptors (Lipinski definition) is 4. The molecule has 10 nitrogen and oxygen atoms in total. The van der Waals surface area contributed by atoms with Crippen LogP contribution in [0.4, 0.5) is 0 Å². The summed E-state index contributed by atoms with van der Waals surface area (Å²) < 4.78 is 29.2. The molecule has 0 aliphatic heterocycles. The van der Waals surface area contributed by atoms with Crippen LogP contribution in [0.15, 0.2) is 0 Å². The van der Waals surface area contributed by atoms with Gasteiger partial charge in [-0.05, 0) is 0 Å². The first-order valence-electron chi connectivity index (χ1n) is 3.06. The van der Waals surface area contributed by atoms with Crippen LogP contribution in [0.5, 0.6) is 0 Å². The van der Waals surface area contributed by atoms with Crippen molar-refractivity contribution in [2.45, 2.75) is 5.40 Å². The number of rotatable bonds is 3. The maximum Gasteiger partial charge on any atom is 0.343 e. The molecule has 0 spiro atoms. The van der Waals surface area contributed by atoms with Gasteiger partial charge in [0, 0.05) is 0 Å². The van der Waals surface area contributed by atoms with Crippen LogP contribution in [0.1, 0.15) is 0 Å². The summed E-state index contributed by atoms with van der Waals surface area (Å²) in [7, 11) is -13.0. The quantitative estimate of drug-likeness (QED) is 0.286. The maximum atomic E-state index is 10.3. The highest BCUT2D eigenvalue weighted by atomic mass is 31.2. The van der Waals surface area contributed by atoms with E-state index in [1.165, 1.54) is 0 Å². The van der Waals surface area contributed by atoms with Gasteiger partial charge in [-0.3, -0.25) is 13.7 Å². The molecule has 0 aliphatic rings. The van der Waals surface area contributed by atoms with Gasteiger partial charge in [0.15, 0.2) is 5.40 Å². The van der Waals surface area contributed by atoms with Gasteiger partial charge in [-0.15, -0.1) is 0 Å². The van der Waals surface area contributed by atoms with Crippen LogP contribution in [-0.4, -0.2) is 46.5 Å². The second kappa shape index (κ2) is 6.88. The lowest BCUT2D eigenvalue weighted by Crippen LogP contribution is -2.13. The summed E-state index contributed by atoms with van der Waals surface area (Å²) >= 11 is 0. The van der Waals surface area contributed by atoms with Crippen LogP contribution >= 0.6 is 23.4 Å². The zero-order chi connectivity index (χ0) is 12.9. The van der Waals surface area contributed by atoms with Crippen molar-refractivity contribution in [3.05, 3.63) is 0 Å². The van der Waals surface area contributed by atoms with Crippen molar-refractivity contribution < 1.29 is 48.2 Å². The predicted molar refractivity (Wildman–Crippen MR) is 48.4 cm³/mol. The SMILES string of the molecule is O=P(O)(O)C(CO)P(=O)(O)O.O=[PH](O)O. The highest BCUT2D eigenvalue weighted by Gasteiger charge is 2.42. The first-order chi connectivity index (χ1) is 6.42. The van der Waals surface area contributed by atoms with Gasteiger partial charge in [0.05, 0.1) is 6.61 Å². The van der Waals surface area contributed by atoms with Gasteiger partial charge in [-0.25, -0.2) is 0 Å². The standard InChI is InChI=1S/C2H8O7P2.H3O3P/c3-1-2(10(4,5)6)11(7,8)9;1-4(2)3/h2-3H,1H2,(H2,4,5,6)(H2,7,8,9);4H,(H2,1,2,3). The third kappa shape index (κ3) is 10.7. The molecular formula is C2H11O10P3. The molecule has 13 heteroatoms. The fourth-order valence-corrected chi connectivity index (χ4v) is 2.40. The largest absolute Gasteiger partial charge is 0.395 e. The first kappa shape index (κ1) is 17.8. The molecular weight excluding hydrogens is 277 g/mol. The Hall–Kier alpha value is 0.410. The summed E-state index contributed by atoms with van der Waals surface area (Å²) in [5.74, 6) is 0. The van der Waals surface area contributed by atoms with Crippen molar-refractivity contribution in [1.29, 1.82) is 0 Å². The lowest BCUT2D eigenvalue weighted by atomic mass is 10.9. The monoisotopic (exact) mass is 288 g/mol. The Bertz CT molecular complexity index is 259. The predicted octanol–water partition coefficient (Wildman–Crippen LogP) is -1.98. The average Bonchev–Trinajstić information content (AvgIpc) is 1.78. The van der Waals surface area contributed by atoms with Crippen molar-refractivity contribution in [3.8, 4) is 0 Å². The van der Waals surface area contributed by atoms with Gasteiger partial charge in [-0.1, -0.05) is 0 Å². The number of aliphatic hydroxyl groups excluding tert-OH is 1. The van der Waals surface area contributed by atoms with Crippen molar-refractivity contribution >= 4 is 23.4 Å².